The lowest BCUT2D eigenvalue weighted by Crippen LogP contribution is -2.48. The second-order valence-corrected chi connectivity index (χ2v) is 9.45. The van der Waals surface area contributed by atoms with E-state index in [0.717, 1.165) is 44.9 Å². The van der Waals surface area contributed by atoms with Gasteiger partial charge in [0, 0.05) is 38.9 Å². The van der Waals surface area contributed by atoms with Gasteiger partial charge in [-0.05, 0) is 42.9 Å². The summed E-state index contributed by atoms with van der Waals surface area (Å²) in [5, 5.41) is 3.06. The number of nitrogens with one attached hydrogen (secondary N) is 1. The Morgan fingerprint density at radius 3 is 2.21 bits per heavy atom. The number of nitrogens with zero attached hydrogens (tertiary/aromatic N) is 1. The topological polar surface area (TPSA) is 92.5 Å². The molecule has 1 aliphatic carbocycles. The summed E-state index contributed by atoms with van der Waals surface area (Å²) in [5.41, 5.74) is 5.07. The summed E-state index contributed by atoms with van der Waals surface area (Å²) in [5.74, 6) is 0.743. The first-order valence-corrected chi connectivity index (χ1v) is 11.4. The molecule has 0 heterocycles. The number of hydrogen-bond donors (Lipinski definition) is 2. The molecular formula is C23H43N3O3. The van der Waals surface area contributed by atoms with Crippen LogP contribution in [0.25, 0.3) is 0 Å². The molecule has 1 unspecified atom stereocenters. The van der Waals surface area contributed by atoms with Crippen LogP contribution in [0.4, 0.5) is 0 Å². The van der Waals surface area contributed by atoms with Gasteiger partial charge >= 0.3 is 0 Å². The molecule has 6 nitrogen and oxygen atoms in total. The molecule has 29 heavy (non-hydrogen) atoms. The zero-order valence-corrected chi connectivity index (χ0v) is 19.3. The molecule has 0 bridgehead atoms. The lowest BCUT2D eigenvalue weighted by molar-refractivity contribution is -0.137. The maximum Gasteiger partial charge on any atom is 0.222 e. The molecule has 2 atom stereocenters. The highest BCUT2D eigenvalue weighted by molar-refractivity contribution is 5.79. The van der Waals surface area contributed by atoms with Crippen molar-refractivity contribution < 1.29 is 14.4 Å². The van der Waals surface area contributed by atoms with Gasteiger partial charge in [-0.2, -0.15) is 0 Å². The van der Waals surface area contributed by atoms with E-state index in [9.17, 15) is 14.4 Å². The van der Waals surface area contributed by atoms with Gasteiger partial charge < -0.3 is 16.0 Å². The fourth-order valence-electron chi connectivity index (χ4n) is 4.39. The number of carbonyl (C=O) groups excluding carboxylic acids is 3. The average molecular weight is 410 g/mol. The van der Waals surface area contributed by atoms with Crippen molar-refractivity contribution in [3.8, 4) is 0 Å². The molecule has 1 aliphatic rings. The fourth-order valence-corrected chi connectivity index (χ4v) is 4.39. The second-order valence-electron chi connectivity index (χ2n) is 9.45. The van der Waals surface area contributed by atoms with E-state index in [1.165, 1.54) is 0 Å². The predicted octanol–water partition coefficient (Wildman–Crippen LogP) is 3.63. The van der Waals surface area contributed by atoms with Crippen LogP contribution in [0.5, 0.6) is 0 Å². The number of unbranched alkanes of at least 4 members (excludes halogenated alkanes) is 3. The number of amides is 3. The Labute approximate surface area is 177 Å². The summed E-state index contributed by atoms with van der Waals surface area (Å²) in [7, 11) is 1.92. The molecule has 1 rings (SSSR count). The Kier molecular flexibility index (Phi) is 10.7. The van der Waals surface area contributed by atoms with Gasteiger partial charge in [0.1, 0.15) is 0 Å². The van der Waals surface area contributed by atoms with Crippen molar-refractivity contribution in [2.75, 3.05) is 13.6 Å². The molecular weight excluding hydrogens is 366 g/mol. The number of nitrogens with two attached hydrogens (primary N) is 1. The second kappa shape index (κ2) is 12.2. The molecule has 3 amide bonds. The first-order chi connectivity index (χ1) is 13.6. The summed E-state index contributed by atoms with van der Waals surface area (Å²) in [6, 6.07) is 0.123. The van der Waals surface area contributed by atoms with Crippen LogP contribution in [0.2, 0.25) is 0 Å². The molecule has 1 fully saturated rings. The molecule has 0 saturated heterocycles. The summed E-state index contributed by atoms with van der Waals surface area (Å²) in [4.78, 5) is 38.0. The smallest absolute Gasteiger partial charge is 0.222 e. The minimum atomic E-state index is -0.249. The predicted molar refractivity (Wildman–Crippen MR) is 117 cm³/mol. The average Bonchev–Trinajstić information content (AvgIpc) is 3.39. The SMILES string of the molecule is CC[C@H](C)C(N(C)C(=O)CC(C)C)C1(CC(=O)NCCCCCCC(N)=O)CC1. The quantitative estimate of drug-likeness (QED) is 0.405. The van der Waals surface area contributed by atoms with Crippen LogP contribution < -0.4 is 11.1 Å². The molecule has 0 aromatic carbocycles. The van der Waals surface area contributed by atoms with Crippen LogP contribution in [-0.2, 0) is 14.4 Å². The summed E-state index contributed by atoms with van der Waals surface area (Å²) in [6.45, 7) is 9.17. The molecule has 0 aromatic heterocycles. The van der Waals surface area contributed by atoms with E-state index in [-0.39, 0.29) is 29.2 Å². The van der Waals surface area contributed by atoms with Crippen molar-refractivity contribution in [1.82, 2.24) is 10.2 Å². The van der Waals surface area contributed by atoms with Crippen molar-refractivity contribution >= 4 is 17.7 Å². The third-order valence-corrected chi connectivity index (χ3v) is 6.28. The lowest BCUT2D eigenvalue weighted by atomic mass is 9.81. The highest BCUT2D eigenvalue weighted by atomic mass is 16.2. The van der Waals surface area contributed by atoms with E-state index in [1.807, 2.05) is 11.9 Å². The molecule has 3 N–H and O–H groups in total. The Morgan fingerprint density at radius 1 is 1.07 bits per heavy atom. The molecule has 168 valence electrons. The van der Waals surface area contributed by atoms with Crippen molar-refractivity contribution in [3.63, 3.8) is 0 Å². The minimum Gasteiger partial charge on any atom is -0.370 e. The Balaban J connectivity index is 2.53. The van der Waals surface area contributed by atoms with Gasteiger partial charge in [0.15, 0.2) is 0 Å². The third-order valence-electron chi connectivity index (χ3n) is 6.28. The molecule has 0 aliphatic heterocycles. The van der Waals surface area contributed by atoms with Gasteiger partial charge in [0.2, 0.25) is 17.7 Å². The first kappa shape index (κ1) is 25.4. The zero-order chi connectivity index (χ0) is 22.0. The first-order valence-electron chi connectivity index (χ1n) is 11.4. The minimum absolute atomic E-state index is 0.0671. The maximum absolute atomic E-state index is 12.7. The van der Waals surface area contributed by atoms with Gasteiger partial charge in [0.25, 0.3) is 0 Å². The number of rotatable bonds is 15. The van der Waals surface area contributed by atoms with E-state index >= 15 is 0 Å². The highest BCUT2D eigenvalue weighted by Crippen LogP contribution is 2.55. The van der Waals surface area contributed by atoms with Gasteiger partial charge in [-0.1, -0.05) is 47.0 Å². The molecule has 1 saturated carbocycles. The molecule has 6 heteroatoms. The Morgan fingerprint density at radius 2 is 1.69 bits per heavy atom. The van der Waals surface area contributed by atoms with Crippen LogP contribution in [-0.4, -0.2) is 42.3 Å². The summed E-state index contributed by atoms with van der Waals surface area (Å²) in [6.07, 6.45) is 8.21. The third kappa shape index (κ3) is 8.75. The number of hydrogen-bond acceptors (Lipinski definition) is 3. The fraction of sp³-hybridized carbons (Fsp3) is 0.870. The highest BCUT2D eigenvalue weighted by Gasteiger charge is 2.54. The molecule has 0 aromatic rings. The van der Waals surface area contributed by atoms with Gasteiger partial charge in [0.05, 0.1) is 0 Å². The van der Waals surface area contributed by atoms with Crippen molar-refractivity contribution in [1.29, 1.82) is 0 Å². The van der Waals surface area contributed by atoms with E-state index < -0.39 is 0 Å². The zero-order valence-electron chi connectivity index (χ0n) is 19.3. The largest absolute Gasteiger partial charge is 0.370 e. The van der Waals surface area contributed by atoms with Crippen LogP contribution in [0.1, 0.15) is 91.9 Å². The van der Waals surface area contributed by atoms with Crippen molar-refractivity contribution in [2.45, 2.75) is 97.9 Å². The van der Waals surface area contributed by atoms with E-state index in [4.69, 9.17) is 5.73 Å². The van der Waals surface area contributed by atoms with Crippen LogP contribution >= 0.6 is 0 Å². The van der Waals surface area contributed by atoms with Crippen LogP contribution in [0.3, 0.4) is 0 Å². The monoisotopic (exact) mass is 409 g/mol. The Bertz CT molecular complexity index is 543. The maximum atomic E-state index is 12.7. The standard InChI is InChI=1S/C23H43N3O3/c1-6-18(4)22(26(5)21(29)15-17(2)3)23(12-13-23)16-20(28)25-14-10-8-7-9-11-19(24)27/h17-18,22H,6-16H2,1-5H3,(H2,24,27)(H,25,28)/t18-,22?/m0/s1. The van der Waals surface area contributed by atoms with E-state index in [2.05, 4.69) is 33.0 Å². The van der Waals surface area contributed by atoms with E-state index in [1.54, 1.807) is 0 Å². The van der Waals surface area contributed by atoms with Crippen LogP contribution in [0.15, 0.2) is 0 Å². The number of carbonyl (C=O) groups is 3. The van der Waals surface area contributed by atoms with Gasteiger partial charge in [-0.3, -0.25) is 14.4 Å². The van der Waals surface area contributed by atoms with Gasteiger partial charge in [-0.25, -0.2) is 0 Å². The molecule has 0 radical (unpaired) electrons. The normalized spacial score (nSPS) is 16.9. The van der Waals surface area contributed by atoms with Gasteiger partial charge in [-0.15, -0.1) is 0 Å². The lowest BCUT2D eigenvalue weighted by Gasteiger charge is -2.39. The summed E-state index contributed by atoms with van der Waals surface area (Å²) < 4.78 is 0. The molecule has 0 spiro atoms. The Hall–Kier alpha value is -1.59. The van der Waals surface area contributed by atoms with Crippen molar-refractivity contribution in [3.05, 3.63) is 0 Å². The van der Waals surface area contributed by atoms with Crippen molar-refractivity contribution in [2.24, 2.45) is 23.0 Å². The number of primary amides is 1. The van der Waals surface area contributed by atoms with Crippen LogP contribution in [0, 0.1) is 17.3 Å². The van der Waals surface area contributed by atoms with E-state index in [0.29, 0.717) is 37.6 Å². The summed E-state index contributed by atoms with van der Waals surface area (Å²) >= 11 is 0.